The normalized spacial score (nSPS) is 13.3. The number of hydrogen-bond donors (Lipinski definition) is 1. The topological polar surface area (TPSA) is 37.8 Å². The Labute approximate surface area is 124 Å². The first kappa shape index (κ1) is 12.3. The van der Waals surface area contributed by atoms with Crippen LogP contribution in [0.25, 0.3) is 10.9 Å². The summed E-state index contributed by atoms with van der Waals surface area (Å²) in [6, 6.07) is 12.5. The van der Waals surface area contributed by atoms with E-state index in [0.717, 1.165) is 24.9 Å². The second-order valence-corrected chi connectivity index (χ2v) is 5.50. The maximum Gasteiger partial charge on any atom is 0.0726 e. The van der Waals surface area contributed by atoms with Gasteiger partial charge in [-0.3, -0.25) is 9.97 Å². The van der Waals surface area contributed by atoms with E-state index in [1.807, 2.05) is 18.5 Å². The van der Waals surface area contributed by atoms with Crippen LogP contribution in [0, 0.1) is 0 Å². The molecule has 0 atom stereocenters. The molecule has 3 aromatic rings. The third-order valence-electron chi connectivity index (χ3n) is 4.11. The molecular formula is C18H17N3. The zero-order valence-corrected chi connectivity index (χ0v) is 11.8. The van der Waals surface area contributed by atoms with E-state index in [-0.39, 0.29) is 0 Å². The first-order chi connectivity index (χ1) is 10.4. The van der Waals surface area contributed by atoms with Gasteiger partial charge >= 0.3 is 0 Å². The summed E-state index contributed by atoms with van der Waals surface area (Å²) >= 11 is 0. The lowest BCUT2D eigenvalue weighted by atomic mass is 10.1. The largest absolute Gasteiger partial charge is 0.380 e. The fourth-order valence-corrected chi connectivity index (χ4v) is 3.11. The van der Waals surface area contributed by atoms with E-state index in [1.165, 1.54) is 34.3 Å². The van der Waals surface area contributed by atoms with E-state index < -0.39 is 0 Å². The molecule has 2 aromatic heterocycles. The summed E-state index contributed by atoms with van der Waals surface area (Å²) in [5.41, 5.74) is 6.22. The number of aromatic nitrogens is 2. The highest BCUT2D eigenvalue weighted by atomic mass is 14.9. The monoisotopic (exact) mass is 275 g/mol. The summed E-state index contributed by atoms with van der Waals surface area (Å²) < 4.78 is 0. The molecule has 0 saturated heterocycles. The van der Waals surface area contributed by atoms with Crippen LogP contribution < -0.4 is 5.32 Å². The quantitative estimate of drug-likeness (QED) is 0.791. The van der Waals surface area contributed by atoms with Crippen molar-refractivity contribution in [3.8, 4) is 0 Å². The Kier molecular flexibility index (Phi) is 3.03. The lowest BCUT2D eigenvalue weighted by Crippen LogP contribution is -2.04. The van der Waals surface area contributed by atoms with Gasteiger partial charge in [0.15, 0.2) is 0 Å². The summed E-state index contributed by atoms with van der Waals surface area (Å²) in [5.74, 6) is 0. The van der Waals surface area contributed by atoms with Crippen LogP contribution in [-0.2, 0) is 19.4 Å². The fraction of sp³-hybridized carbons (Fsp3) is 0.222. The molecule has 0 unspecified atom stereocenters. The summed E-state index contributed by atoms with van der Waals surface area (Å²) in [7, 11) is 0. The molecule has 21 heavy (non-hydrogen) atoms. The molecule has 3 nitrogen and oxygen atoms in total. The van der Waals surface area contributed by atoms with Gasteiger partial charge in [-0.1, -0.05) is 24.3 Å². The molecule has 4 rings (SSSR count). The molecule has 1 aliphatic rings. The van der Waals surface area contributed by atoms with Crippen LogP contribution in [0.5, 0.6) is 0 Å². The van der Waals surface area contributed by atoms with Gasteiger partial charge in [0, 0.05) is 35.7 Å². The predicted octanol–water partition coefficient (Wildman–Crippen LogP) is 3.73. The lowest BCUT2D eigenvalue weighted by molar-refractivity contribution is 0.901. The van der Waals surface area contributed by atoms with Crippen LogP contribution in [0.4, 0.5) is 5.69 Å². The summed E-state index contributed by atoms with van der Waals surface area (Å²) in [6.07, 6.45) is 7.16. The van der Waals surface area contributed by atoms with E-state index in [2.05, 4.69) is 40.6 Å². The zero-order chi connectivity index (χ0) is 14.1. The van der Waals surface area contributed by atoms with E-state index in [4.69, 9.17) is 4.98 Å². The van der Waals surface area contributed by atoms with Crippen molar-refractivity contribution in [2.45, 2.75) is 25.8 Å². The van der Waals surface area contributed by atoms with E-state index in [0.29, 0.717) is 0 Å². The summed E-state index contributed by atoms with van der Waals surface area (Å²) in [6.45, 7) is 0.800. The minimum atomic E-state index is 0.800. The van der Waals surface area contributed by atoms with E-state index in [1.54, 1.807) is 0 Å². The van der Waals surface area contributed by atoms with Crippen LogP contribution >= 0.6 is 0 Å². The third kappa shape index (κ3) is 2.25. The van der Waals surface area contributed by atoms with Crippen molar-refractivity contribution in [3.63, 3.8) is 0 Å². The van der Waals surface area contributed by atoms with Gasteiger partial charge in [-0.25, -0.2) is 0 Å². The Morgan fingerprint density at radius 1 is 1.05 bits per heavy atom. The molecule has 3 heteroatoms. The second kappa shape index (κ2) is 5.17. The molecule has 0 spiro atoms. The number of hydrogen-bond acceptors (Lipinski definition) is 3. The van der Waals surface area contributed by atoms with Crippen LogP contribution in [0.3, 0.4) is 0 Å². The van der Waals surface area contributed by atoms with Gasteiger partial charge in [-0.05, 0) is 42.5 Å². The van der Waals surface area contributed by atoms with Gasteiger partial charge in [0.2, 0.25) is 0 Å². The third-order valence-corrected chi connectivity index (χ3v) is 4.11. The van der Waals surface area contributed by atoms with Crippen molar-refractivity contribution in [2.75, 3.05) is 5.32 Å². The number of aryl methyl sites for hydroxylation is 1. The average Bonchev–Trinajstić information content (AvgIpc) is 3.00. The fourth-order valence-electron chi connectivity index (χ4n) is 3.11. The molecule has 0 bridgehead atoms. The molecule has 0 radical (unpaired) electrons. The Morgan fingerprint density at radius 3 is 2.90 bits per heavy atom. The predicted molar refractivity (Wildman–Crippen MR) is 85.3 cm³/mol. The Balaban J connectivity index is 1.76. The van der Waals surface area contributed by atoms with Crippen molar-refractivity contribution in [3.05, 3.63) is 65.6 Å². The Morgan fingerprint density at radius 2 is 2.00 bits per heavy atom. The van der Waals surface area contributed by atoms with Crippen LogP contribution in [0.15, 0.2) is 48.8 Å². The number of anilines is 1. The molecule has 0 amide bonds. The molecular weight excluding hydrogens is 258 g/mol. The number of para-hydroxylation sites is 1. The van der Waals surface area contributed by atoms with Gasteiger partial charge in [-0.15, -0.1) is 0 Å². The maximum atomic E-state index is 4.82. The molecule has 104 valence electrons. The first-order valence-electron chi connectivity index (χ1n) is 7.45. The molecule has 0 saturated carbocycles. The Bertz CT molecular complexity index is 781. The lowest BCUT2D eigenvalue weighted by Gasteiger charge is -2.14. The van der Waals surface area contributed by atoms with Gasteiger partial charge in [0.1, 0.15) is 0 Å². The highest BCUT2D eigenvalue weighted by Gasteiger charge is 2.19. The molecule has 0 aliphatic heterocycles. The first-order valence-corrected chi connectivity index (χ1v) is 7.45. The molecule has 1 N–H and O–H groups in total. The number of benzene rings is 1. The standard InChI is InChI=1S/C18H17N3/c1-2-8-16-14(6-1)18(15-7-3-9-17(15)21-16)20-12-13-5-4-10-19-11-13/h1-2,4-6,8,10-11H,3,7,9,12H2,(H,20,21). The number of nitrogens with one attached hydrogen (secondary N) is 1. The van der Waals surface area contributed by atoms with Crippen LogP contribution in [-0.4, -0.2) is 9.97 Å². The Hall–Kier alpha value is -2.42. The van der Waals surface area contributed by atoms with Gasteiger partial charge in [0.05, 0.1) is 5.52 Å². The van der Waals surface area contributed by atoms with Crippen LogP contribution in [0.1, 0.15) is 23.2 Å². The van der Waals surface area contributed by atoms with Gasteiger partial charge in [-0.2, -0.15) is 0 Å². The number of fused-ring (bicyclic) bond motifs is 2. The van der Waals surface area contributed by atoms with E-state index in [9.17, 15) is 0 Å². The smallest absolute Gasteiger partial charge is 0.0726 e. The maximum absolute atomic E-state index is 4.82. The van der Waals surface area contributed by atoms with Crippen molar-refractivity contribution in [1.82, 2.24) is 9.97 Å². The highest BCUT2D eigenvalue weighted by Crippen LogP contribution is 2.34. The van der Waals surface area contributed by atoms with Crippen molar-refractivity contribution in [2.24, 2.45) is 0 Å². The van der Waals surface area contributed by atoms with Crippen molar-refractivity contribution >= 4 is 16.6 Å². The molecule has 0 fully saturated rings. The van der Waals surface area contributed by atoms with Gasteiger partial charge in [0.25, 0.3) is 0 Å². The number of rotatable bonds is 3. The molecule has 1 aliphatic carbocycles. The highest BCUT2D eigenvalue weighted by molar-refractivity contribution is 5.93. The zero-order valence-electron chi connectivity index (χ0n) is 11.8. The summed E-state index contributed by atoms with van der Waals surface area (Å²) in [4.78, 5) is 9.00. The number of nitrogens with zero attached hydrogens (tertiary/aromatic N) is 2. The van der Waals surface area contributed by atoms with Gasteiger partial charge < -0.3 is 5.32 Å². The van der Waals surface area contributed by atoms with Crippen molar-refractivity contribution < 1.29 is 0 Å². The minimum Gasteiger partial charge on any atom is -0.380 e. The number of pyridine rings is 2. The SMILES string of the molecule is c1cncc(CNc2c3c(nc4ccccc24)CCC3)c1. The summed E-state index contributed by atoms with van der Waals surface area (Å²) in [5, 5.41) is 4.85. The average molecular weight is 275 g/mol. The molecule has 1 aromatic carbocycles. The second-order valence-electron chi connectivity index (χ2n) is 5.50. The van der Waals surface area contributed by atoms with Crippen molar-refractivity contribution in [1.29, 1.82) is 0 Å². The molecule has 2 heterocycles. The van der Waals surface area contributed by atoms with E-state index >= 15 is 0 Å². The minimum absolute atomic E-state index is 0.800. The van der Waals surface area contributed by atoms with Crippen LogP contribution in [0.2, 0.25) is 0 Å².